The van der Waals surface area contributed by atoms with Crippen molar-refractivity contribution in [1.29, 1.82) is 0 Å². The number of benzene rings is 1. The van der Waals surface area contributed by atoms with Gasteiger partial charge in [0, 0.05) is 11.1 Å². The number of halogens is 1. The first-order valence-corrected chi connectivity index (χ1v) is 5.73. The number of esters is 1. The summed E-state index contributed by atoms with van der Waals surface area (Å²) in [7, 11) is 0. The molecule has 0 fully saturated rings. The van der Waals surface area contributed by atoms with Crippen molar-refractivity contribution in [2.75, 3.05) is 6.61 Å². The van der Waals surface area contributed by atoms with Gasteiger partial charge in [0.15, 0.2) is 0 Å². The fraction of sp³-hybridized carbons (Fsp3) is 0.273. The van der Waals surface area contributed by atoms with E-state index in [-0.39, 0.29) is 30.2 Å². The summed E-state index contributed by atoms with van der Waals surface area (Å²) in [4.78, 5) is 25.2. The maximum atomic E-state index is 11.2. The zero-order valence-corrected chi connectivity index (χ0v) is 10.9. The van der Waals surface area contributed by atoms with Gasteiger partial charge in [-0.1, -0.05) is 11.6 Å². The SMILES string of the molecule is CCOC(=O)C(N)=NCc1cc(Cl)ccc1[N+](=O)[O-]. The predicted octanol–water partition coefficient (Wildman–Crippen LogP) is 1.67. The summed E-state index contributed by atoms with van der Waals surface area (Å²) >= 11 is 5.76. The van der Waals surface area contributed by atoms with Crippen LogP contribution in [-0.4, -0.2) is 23.3 Å². The van der Waals surface area contributed by atoms with Crippen molar-refractivity contribution < 1.29 is 14.5 Å². The van der Waals surface area contributed by atoms with E-state index < -0.39 is 10.9 Å². The Hall–Kier alpha value is -2.15. The Kier molecular flexibility index (Phi) is 5.25. The molecule has 19 heavy (non-hydrogen) atoms. The Morgan fingerprint density at radius 3 is 2.84 bits per heavy atom. The van der Waals surface area contributed by atoms with E-state index in [1.54, 1.807) is 6.92 Å². The quantitative estimate of drug-likeness (QED) is 0.298. The van der Waals surface area contributed by atoms with Crippen LogP contribution in [-0.2, 0) is 16.1 Å². The third-order valence-corrected chi connectivity index (χ3v) is 2.38. The molecule has 1 rings (SSSR count). The van der Waals surface area contributed by atoms with Crippen LogP contribution in [0.2, 0.25) is 5.02 Å². The van der Waals surface area contributed by atoms with Crippen LogP contribution in [0.15, 0.2) is 23.2 Å². The first-order chi connectivity index (χ1) is 8.95. The average Bonchev–Trinajstić information content (AvgIpc) is 2.35. The first-order valence-electron chi connectivity index (χ1n) is 5.35. The molecule has 8 heteroatoms. The molecule has 0 unspecified atom stereocenters. The van der Waals surface area contributed by atoms with Crippen molar-refractivity contribution in [3.63, 3.8) is 0 Å². The van der Waals surface area contributed by atoms with E-state index in [2.05, 4.69) is 9.73 Å². The van der Waals surface area contributed by atoms with Gasteiger partial charge in [-0.2, -0.15) is 0 Å². The maximum absolute atomic E-state index is 11.2. The van der Waals surface area contributed by atoms with E-state index in [1.807, 2.05) is 0 Å². The number of carbonyl (C=O) groups is 1. The molecule has 1 aromatic rings. The van der Waals surface area contributed by atoms with Gasteiger partial charge in [0.25, 0.3) is 5.69 Å². The van der Waals surface area contributed by atoms with Crippen molar-refractivity contribution in [1.82, 2.24) is 0 Å². The van der Waals surface area contributed by atoms with Crippen LogP contribution in [0.5, 0.6) is 0 Å². The van der Waals surface area contributed by atoms with Crippen molar-refractivity contribution in [3.8, 4) is 0 Å². The van der Waals surface area contributed by atoms with E-state index in [1.165, 1.54) is 18.2 Å². The summed E-state index contributed by atoms with van der Waals surface area (Å²) in [6.45, 7) is 1.68. The highest BCUT2D eigenvalue weighted by Crippen LogP contribution is 2.23. The number of carbonyl (C=O) groups excluding carboxylic acids is 1. The van der Waals surface area contributed by atoms with Crippen molar-refractivity contribution in [3.05, 3.63) is 38.9 Å². The minimum atomic E-state index is -0.757. The number of hydrogen-bond donors (Lipinski definition) is 1. The highest BCUT2D eigenvalue weighted by Gasteiger charge is 2.14. The zero-order valence-electron chi connectivity index (χ0n) is 10.1. The third kappa shape index (κ3) is 4.22. The van der Waals surface area contributed by atoms with Gasteiger partial charge < -0.3 is 10.5 Å². The van der Waals surface area contributed by atoms with E-state index in [4.69, 9.17) is 17.3 Å². The lowest BCUT2D eigenvalue weighted by atomic mass is 10.2. The number of rotatable bonds is 4. The van der Waals surface area contributed by atoms with Crippen molar-refractivity contribution in [2.24, 2.45) is 10.7 Å². The van der Waals surface area contributed by atoms with Gasteiger partial charge in [-0.05, 0) is 19.1 Å². The fourth-order valence-electron chi connectivity index (χ4n) is 1.30. The van der Waals surface area contributed by atoms with Gasteiger partial charge in [-0.25, -0.2) is 4.79 Å². The number of hydrogen-bond acceptors (Lipinski definition) is 5. The fourth-order valence-corrected chi connectivity index (χ4v) is 1.49. The molecular weight excluding hydrogens is 274 g/mol. The molecule has 0 atom stereocenters. The highest BCUT2D eigenvalue weighted by atomic mass is 35.5. The average molecular weight is 286 g/mol. The second kappa shape index (κ2) is 6.69. The number of nitrogens with two attached hydrogens (primary N) is 1. The van der Waals surface area contributed by atoms with Crippen molar-refractivity contribution in [2.45, 2.75) is 13.5 Å². The topological polar surface area (TPSA) is 108 Å². The lowest BCUT2D eigenvalue weighted by molar-refractivity contribution is -0.385. The Bertz CT molecular complexity index is 531. The Morgan fingerprint density at radius 2 is 2.26 bits per heavy atom. The maximum Gasteiger partial charge on any atom is 0.373 e. The number of nitrogens with zero attached hydrogens (tertiary/aromatic N) is 2. The van der Waals surface area contributed by atoms with Gasteiger partial charge in [-0.3, -0.25) is 15.1 Å². The highest BCUT2D eigenvalue weighted by molar-refractivity contribution is 6.34. The summed E-state index contributed by atoms with van der Waals surface area (Å²) in [6, 6.07) is 4.08. The molecule has 7 nitrogen and oxygen atoms in total. The molecule has 102 valence electrons. The van der Waals surface area contributed by atoms with Crippen LogP contribution >= 0.6 is 11.6 Å². The minimum Gasteiger partial charge on any atom is -0.460 e. The van der Waals surface area contributed by atoms with E-state index in [9.17, 15) is 14.9 Å². The number of nitro benzene ring substituents is 1. The van der Waals surface area contributed by atoms with Crippen LogP contribution in [0.3, 0.4) is 0 Å². The molecule has 1 aromatic carbocycles. The van der Waals surface area contributed by atoms with Crippen LogP contribution in [0, 0.1) is 10.1 Å². The molecule has 0 aliphatic rings. The lowest BCUT2D eigenvalue weighted by Crippen LogP contribution is -2.26. The summed E-state index contributed by atoms with van der Waals surface area (Å²) < 4.78 is 4.64. The standard InChI is InChI=1S/C11H12ClN3O4/c1-2-19-11(16)10(13)14-6-7-5-8(12)3-4-9(7)15(17)18/h3-5H,2,6H2,1H3,(H2,13,14). The second-order valence-corrected chi connectivity index (χ2v) is 3.89. The van der Waals surface area contributed by atoms with Gasteiger partial charge in [-0.15, -0.1) is 0 Å². The molecule has 0 aromatic heterocycles. The summed E-state index contributed by atoms with van der Waals surface area (Å²) in [5.74, 6) is -1.09. The van der Waals surface area contributed by atoms with Crippen LogP contribution < -0.4 is 5.73 Å². The Morgan fingerprint density at radius 1 is 1.58 bits per heavy atom. The molecule has 0 radical (unpaired) electrons. The normalized spacial score (nSPS) is 11.2. The van der Waals surface area contributed by atoms with E-state index in [0.29, 0.717) is 5.02 Å². The van der Waals surface area contributed by atoms with Crippen LogP contribution in [0.25, 0.3) is 0 Å². The van der Waals surface area contributed by atoms with Crippen molar-refractivity contribution >= 4 is 29.1 Å². The van der Waals surface area contributed by atoms with E-state index in [0.717, 1.165) is 0 Å². The predicted molar refractivity (Wildman–Crippen MR) is 70.1 cm³/mol. The molecule has 0 bridgehead atoms. The van der Waals surface area contributed by atoms with Gasteiger partial charge in [0.1, 0.15) is 0 Å². The zero-order chi connectivity index (χ0) is 14.4. The number of amidine groups is 1. The minimum absolute atomic E-state index is 0.123. The number of nitro groups is 1. The number of ether oxygens (including phenoxy) is 1. The number of aliphatic imine (C=N–C) groups is 1. The Labute approximate surface area is 114 Å². The molecule has 0 spiro atoms. The van der Waals surface area contributed by atoms with Gasteiger partial charge in [0.2, 0.25) is 5.84 Å². The van der Waals surface area contributed by atoms with Gasteiger partial charge in [0.05, 0.1) is 23.6 Å². The molecule has 2 N–H and O–H groups in total. The molecule has 0 heterocycles. The molecule has 0 aliphatic carbocycles. The van der Waals surface area contributed by atoms with Gasteiger partial charge >= 0.3 is 5.97 Å². The summed E-state index contributed by atoms with van der Waals surface area (Å²) in [5.41, 5.74) is 5.52. The second-order valence-electron chi connectivity index (χ2n) is 3.45. The first kappa shape index (κ1) is 14.9. The van der Waals surface area contributed by atoms with E-state index >= 15 is 0 Å². The smallest absolute Gasteiger partial charge is 0.373 e. The largest absolute Gasteiger partial charge is 0.460 e. The monoisotopic (exact) mass is 285 g/mol. The van der Waals surface area contributed by atoms with Crippen LogP contribution in [0.4, 0.5) is 5.69 Å². The molecule has 0 saturated heterocycles. The molecule has 0 aliphatic heterocycles. The summed E-state index contributed by atoms with van der Waals surface area (Å²) in [6.07, 6.45) is 0. The summed E-state index contributed by atoms with van der Waals surface area (Å²) in [5, 5.41) is 11.1. The lowest BCUT2D eigenvalue weighted by Gasteiger charge is -2.02. The molecule has 0 saturated carbocycles. The molecular formula is C11H12ClN3O4. The molecule has 0 amide bonds. The third-order valence-electron chi connectivity index (χ3n) is 2.14. The Balaban J connectivity index is 2.93. The van der Waals surface area contributed by atoms with Crippen LogP contribution in [0.1, 0.15) is 12.5 Å².